The second-order valence-electron chi connectivity index (χ2n) is 11.9. The van der Waals surface area contributed by atoms with Gasteiger partial charge in [-0.1, -0.05) is 68.4 Å². The van der Waals surface area contributed by atoms with Crippen LogP contribution in [0.3, 0.4) is 0 Å². The van der Waals surface area contributed by atoms with E-state index in [1.165, 1.54) is 21.6 Å². The molecule has 1 fully saturated rings. The number of aryl methyl sites for hydroxylation is 1. The van der Waals surface area contributed by atoms with Crippen LogP contribution >= 0.6 is 0 Å². The summed E-state index contributed by atoms with van der Waals surface area (Å²) >= 11 is 0. The molecule has 0 unspecified atom stereocenters. The van der Waals surface area contributed by atoms with Crippen molar-refractivity contribution in [3.63, 3.8) is 0 Å². The zero-order chi connectivity index (χ0) is 36.3. The molecule has 1 N–H and O–H groups in total. The van der Waals surface area contributed by atoms with Crippen molar-refractivity contribution < 1.29 is 35.9 Å². The van der Waals surface area contributed by atoms with Gasteiger partial charge in [-0.2, -0.15) is 17.5 Å². The molecule has 10 nitrogen and oxygen atoms in total. The van der Waals surface area contributed by atoms with E-state index >= 15 is 0 Å². The number of carbonyl (C=O) groups excluding carboxylic acids is 2. The first-order valence-corrected chi connectivity index (χ1v) is 17.5. The number of esters is 1. The summed E-state index contributed by atoms with van der Waals surface area (Å²) in [5.41, 5.74) is 3.23. The maximum atomic E-state index is 12.9. The van der Waals surface area contributed by atoms with Gasteiger partial charge in [-0.3, -0.25) is 4.79 Å². The van der Waals surface area contributed by atoms with Crippen LogP contribution in [-0.2, 0) is 38.8 Å². The van der Waals surface area contributed by atoms with Crippen LogP contribution in [0.1, 0.15) is 58.1 Å². The third kappa shape index (κ3) is 10.3. The first-order valence-electron chi connectivity index (χ1n) is 16.0. The van der Waals surface area contributed by atoms with E-state index in [9.17, 15) is 31.2 Å². The SMILES string of the molecule is CC(C)c1ccc(CCNC=O)cc1.Cc1nc(N2CCN(S(=O)(=O)c3ccc(C(F)(F)F)cc3)CC2)ncc1C(=O)OCc1ccccc1. The molecule has 3 aromatic carbocycles. The summed E-state index contributed by atoms with van der Waals surface area (Å²) in [6, 6.07) is 21.3. The second kappa shape index (κ2) is 17.2. The predicted octanol–water partition coefficient (Wildman–Crippen LogP) is 5.77. The molecule has 1 amide bonds. The number of anilines is 1. The summed E-state index contributed by atoms with van der Waals surface area (Å²) in [5, 5.41) is 2.65. The Morgan fingerprint density at radius 3 is 2.14 bits per heavy atom. The molecule has 266 valence electrons. The number of aromatic nitrogens is 2. The molecule has 0 radical (unpaired) electrons. The number of rotatable bonds is 11. The van der Waals surface area contributed by atoms with Crippen LogP contribution in [0.15, 0.2) is 90.0 Å². The van der Waals surface area contributed by atoms with E-state index in [1.54, 1.807) is 11.8 Å². The highest BCUT2D eigenvalue weighted by atomic mass is 32.2. The lowest BCUT2D eigenvalue weighted by Gasteiger charge is -2.34. The van der Waals surface area contributed by atoms with E-state index in [1.807, 2.05) is 30.3 Å². The molecule has 0 atom stereocenters. The number of benzene rings is 3. The van der Waals surface area contributed by atoms with E-state index in [4.69, 9.17) is 4.74 Å². The molecular formula is C36H40F3N5O5S. The van der Waals surface area contributed by atoms with Gasteiger partial charge < -0.3 is 15.0 Å². The Hall–Kier alpha value is -4.82. The van der Waals surface area contributed by atoms with Crippen molar-refractivity contribution >= 4 is 28.4 Å². The van der Waals surface area contributed by atoms with Crippen molar-refractivity contribution in [2.24, 2.45) is 0 Å². The Morgan fingerprint density at radius 2 is 1.58 bits per heavy atom. The highest BCUT2D eigenvalue weighted by molar-refractivity contribution is 7.89. The monoisotopic (exact) mass is 711 g/mol. The van der Waals surface area contributed by atoms with Gasteiger partial charge in [0, 0.05) is 38.9 Å². The summed E-state index contributed by atoms with van der Waals surface area (Å²) in [7, 11) is -3.95. The molecule has 2 heterocycles. The van der Waals surface area contributed by atoms with Crippen molar-refractivity contribution in [1.82, 2.24) is 19.6 Å². The molecule has 0 bridgehead atoms. The highest BCUT2D eigenvalue weighted by Crippen LogP contribution is 2.30. The summed E-state index contributed by atoms with van der Waals surface area (Å²) in [5.74, 6) is 0.381. The molecule has 14 heteroatoms. The third-order valence-electron chi connectivity index (χ3n) is 8.03. The van der Waals surface area contributed by atoms with Crippen LogP contribution in [0.5, 0.6) is 0 Å². The number of ether oxygens (including phenoxy) is 1. The van der Waals surface area contributed by atoms with E-state index < -0.39 is 27.7 Å². The van der Waals surface area contributed by atoms with Crippen LogP contribution in [0.25, 0.3) is 0 Å². The lowest BCUT2D eigenvalue weighted by Crippen LogP contribution is -2.49. The fourth-order valence-corrected chi connectivity index (χ4v) is 6.47. The van der Waals surface area contributed by atoms with Crippen LogP contribution < -0.4 is 10.2 Å². The minimum absolute atomic E-state index is 0.104. The van der Waals surface area contributed by atoms with Gasteiger partial charge in [0.15, 0.2) is 0 Å². The Morgan fingerprint density at radius 1 is 0.940 bits per heavy atom. The number of hydrogen-bond donors (Lipinski definition) is 1. The summed E-state index contributed by atoms with van der Waals surface area (Å²) in [6.07, 6.45) is -1.52. The lowest BCUT2D eigenvalue weighted by molar-refractivity contribution is -0.137. The van der Waals surface area contributed by atoms with Gasteiger partial charge in [0.05, 0.1) is 21.7 Å². The zero-order valence-electron chi connectivity index (χ0n) is 28.1. The molecule has 5 rings (SSSR count). The van der Waals surface area contributed by atoms with Gasteiger partial charge in [0.25, 0.3) is 0 Å². The molecular weight excluding hydrogens is 671 g/mol. The molecule has 1 aromatic heterocycles. The van der Waals surface area contributed by atoms with E-state index in [0.717, 1.165) is 42.7 Å². The molecule has 1 aliphatic heterocycles. The topological polar surface area (TPSA) is 122 Å². The molecule has 0 aliphatic carbocycles. The minimum atomic E-state index is -4.54. The number of nitrogens with zero attached hydrogens (tertiary/aromatic N) is 4. The highest BCUT2D eigenvalue weighted by Gasteiger charge is 2.33. The molecule has 0 spiro atoms. The number of piperazine rings is 1. The average molecular weight is 712 g/mol. The second-order valence-corrected chi connectivity index (χ2v) is 13.8. The van der Waals surface area contributed by atoms with Crippen LogP contribution in [0.4, 0.5) is 19.1 Å². The van der Waals surface area contributed by atoms with Crippen LogP contribution in [-0.4, -0.2) is 67.8 Å². The van der Waals surface area contributed by atoms with Crippen molar-refractivity contribution in [1.29, 1.82) is 0 Å². The maximum Gasteiger partial charge on any atom is 0.416 e. The summed E-state index contributed by atoms with van der Waals surface area (Å²) < 4.78 is 70.6. The van der Waals surface area contributed by atoms with Gasteiger partial charge in [0.1, 0.15) is 6.61 Å². The van der Waals surface area contributed by atoms with Gasteiger partial charge in [-0.25, -0.2) is 23.2 Å². The van der Waals surface area contributed by atoms with Crippen LogP contribution in [0, 0.1) is 6.92 Å². The van der Waals surface area contributed by atoms with Gasteiger partial charge >= 0.3 is 12.1 Å². The van der Waals surface area contributed by atoms with Crippen molar-refractivity contribution in [3.05, 3.63) is 119 Å². The Balaban J connectivity index is 0.000000337. The number of halogens is 3. The smallest absolute Gasteiger partial charge is 0.416 e. The number of amides is 1. The van der Waals surface area contributed by atoms with Crippen molar-refractivity contribution in [3.8, 4) is 0 Å². The zero-order valence-corrected chi connectivity index (χ0v) is 28.9. The van der Waals surface area contributed by atoms with Crippen LogP contribution in [0.2, 0.25) is 0 Å². The fourth-order valence-electron chi connectivity index (χ4n) is 5.05. The molecule has 4 aromatic rings. The normalized spacial score (nSPS) is 13.7. The Bertz CT molecular complexity index is 1810. The Labute approximate surface area is 290 Å². The Kier molecular flexibility index (Phi) is 13.1. The summed E-state index contributed by atoms with van der Waals surface area (Å²) in [4.78, 5) is 32.7. The lowest BCUT2D eigenvalue weighted by atomic mass is 10.0. The summed E-state index contributed by atoms with van der Waals surface area (Å²) in [6.45, 7) is 7.62. The molecule has 50 heavy (non-hydrogen) atoms. The minimum Gasteiger partial charge on any atom is -0.457 e. The molecule has 1 aliphatic rings. The number of carbonyl (C=O) groups is 2. The number of hydrogen-bond acceptors (Lipinski definition) is 8. The average Bonchev–Trinajstić information content (AvgIpc) is 3.11. The first-order chi connectivity index (χ1) is 23.8. The quantitative estimate of drug-likeness (QED) is 0.118. The van der Waals surface area contributed by atoms with Crippen molar-refractivity contribution in [2.45, 2.75) is 50.8 Å². The number of nitrogens with one attached hydrogen (secondary N) is 1. The fraction of sp³-hybridized carbons (Fsp3) is 0.333. The standard InChI is InChI=1S/C24H23F3N4O4S.C12H17NO/c1-17-21(22(32)35-16-18-5-3-2-4-6-18)15-28-23(29-17)30-11-13-31(14-12-30)36(33,34)20-9-7-19(8-10-20)24(25,26)27;1-10(2)12-5-3-11(4-6-12)7-8-13-9-14/h2-10,15H,11-14,16H2,1H3;3-6,9-10H,7-8H2,1-2H3,(H,13,14). The van der Waals surface area contributed by atoms with E-state index in [2.05, 4.69) is 53.4 Å². The van der Waals surface area contributed by atoms with Gasteiger partial charge in [-0.15, -0.1) is 0 Å². The molecule has 0 saturated carbocycles. The van der Waals surface area contributed by atoms with E-state index in [-0.39, 0.29) is 43.2 Å². The predicted molar refractivity (Wildman–Crippen MR) is 183 cm³/mol. The van der Waals surface area contributed by atoms with Gasteiger partial charge in [-0.05, 0) is 60.2 Å². The first kappa shape index (κ1) is 38.0. The van der Waals surface area contributed by atoms with Crippen molar-refractivity contribution in [2.75, 3.05) is 37.6 Å². The maximum absolute atomic E-state index is 12.9. The number of alkyl halides is 3. The number of sulfonamides is 1. The van der Waals surface area contributed by atoms with Gasteiger partial charge in [0.2, 0.25) is 22.4 Å². The van der Waals surface area contributed by atoms with E-state index in [0.29, 0.717) is 24.1 Å². The molecule has 1 saturated heterocycles. The third-order valence-corrected chi connectivity index (χ3v) is 9.94. The largest absolute Gasteiger partial charge is 0.457 e.